The highest BCUT2D eigenvalue weighted by molar-refractivity contribution is 7.13. The first-order chi connectivity index (χ1) is 12.0. The number of nitrogens with zero attached hydrogens (tertiary/aromatic N) is 4. The molecule has 0 atom stereocenters. The van der Waals surface area contributed by atoms with E-state index in [1.165, 1.54) is 18.3 Å². The summed E-state index contributed by atoms with van der Waals surface area (Å²) in [4.78, 5) is 17.5. The summed E-state index contributed by atoms with van der Waals surface area (Å²) in [6, 6.07) is 8.63. The van der Waals surface area contributed by atoms with Gasteiger partial charge >= 0.3 is 0 Å². The van der Waals surface area contributed by atoms with E-state index in [0.717, 1.165) is 11.1 Å². The fraction of sp³-hybridized carbons (Fsp3) is 0.235. The number of hydrogen-bond acceptors (Lipinski definition) is 6. The summed E-state index contributed by atoms with van der Waals surface area (Å²) in [6.07, 6.45) is 3.72. The van der Waals surface area contributed by atoms with Crippen LogP contribution < -0.4 is 15.4 Å². The normalized spacial score (nSPS) is 10.6. The first-order valence-electron chi connectivity index (χ1n) is 7.65. The van der Waals surface area contributed by atoms with Gasteiger partial charge in [-0.15, -0.1) is 11.3 Å². The number of carbonyl (C=O) groups is 1. The lowest BCUT2D eigenvalue weighted by Crippen LogP contribution is -2.33. The van der Waals surface area contributed by atoms with Crippen molar-refractivity contribution in [3.63, 3.8) is 0 Å². The predicted octanol–water partition coefficient (Wildman–Crippen LogP) is 2.36. The molecule has 0 saturated carbocycles. The van der Waals surface area contributed by atoms with Crippen LogP contribution in [0.4, 0.5) is 10.9 Å². The maximum atomic E-state index is 11.8. The Balaban J connectivity index is 1.64. The first-order valence-corrected chi connectivity index (χ1v) is 8.53. The Morgan fingerprint density at radius 3 is 2.92 bits per heavy atom. The average Bonchev–Trinajstić information content (AvgIpc) is 3.20. The van der Waals surface area contributed by atoms with Gasteiger partial charge in [0.15, 0.2) is 5.13 Å². The maximum absolute atomic E-state index is 11.8. The molecule has 0 aliphatic carbocycles. The molecule has 0 spiro atoms. The predicted molar refractivity (Wildman–Crippen MR) is 97.5 cm³/mol. The Kier molecular flexibility index (Phi) is 4.99. The van der Waals surface area contributed by atoms with Crippen molar-refractivity contribution in [2.45, 2.75) is 6.92 Å². The molecule has 7 nitrogen and oxygen atoms in total. The molecule has 2 N–H and O–H groups in total. The highest BCUT2D eigenvalue weighted by Crippen LogP contribution is 2.23. The SMILES string of the molecule is CC(=O)N(CCOc1c[c]cc(-c2cnn(C)c2)c1)c1csc(N)n1. The Morgan fingerprint density at radius 2 is 2.28 bits per heavy atom. The van der Waals surface area contributed by atoms with Gasteiger partial charge in [-0.25, -0.2) is 4.98 Å². The Labute approximate surface area is 149 Å². The van der Waals surface area contributed by atoms with Crippen LogP contribution in [0.3, 0.4) is 0 Å². The summed E-state index contributed by atoms with van der Waals surface area (Å²) in [7, 11) is 1.87. The van der Waals surface area contributed by atoms with Gasteiger partial charge in [0.25, 0.3) is 0 Å². The van der Waals surface area contributed by atoms with Crippen molar-refractivity contribution in [3.8, 4) is 16.9 Å². The number of hydrogen-bond donors (Lipinski definition) is 1. The molecule has 8 heteroatoms. The number of rotatable bonds is 6. The van der Waals surface area contributed by atoms with Crippen molar-refractivity contribution < 1.29 is 9.53 Å². The number of nitrogen functional groups attached to an aromatic ring is 1. The molecule has 2 aromatic heterocycles. The summed E-state index contributed by atoms with van der Waals surface area (Å²) >= 11 is 1.30. The first kappa shape index (κ1) is 17.0. The van der Waals surface area contributed by atoms with Gasteiger partial charge in [-0.3, -0.25) is 14.4 Å². The average molecular weight is 356 g/mol. The molecule has 1 aromatic carbocycles. The molecule has 129 valence electrons. The minimum atomic E-state index is -0.107. The van der Waals surface area contributed by atoms with Crippen LogP contribution in [-0.2, 0) is 11.8 Å². The fourth-order valence-corrected chi connectivity index (χ4v) is 2.91. The van der Waals surface area contributed by atoms with Crippen LogP contribution in [0.25, 0.3) is 11.1 Å². The van der Waals surface area contributed by atoms with Crippen molar-refractivity contribution in [2.75, 3.05) is 23.8 Å². The lowest BCUT2D eigenvalue weighted by molar-refractivity contribution is -0.116. The summed E-state index contributed by atoms with van der Waals surface area (Å²) in [5, 5.41) is 6.35. The second kappa shape index (κ2) is 7.35. The molecular formula is C17H18N5O2S. The number of aromatic nitrogens is 3. The van der Waals surface area contributed by atoms with Gasteiger partial charge in [-0.05, 0) is 29.8 Å². The Bertz CT molecular complexity index is 873. The molecule has 1 radical (unpaired) electrons. The van der Waals surface area contributed by atoms with Crippen molar-refractivity contribution in [3.05, 3.63) is 42.0 Å². The standard InChI is InChI=1S/C17H18N5O2S/c1-12(23)22(16-11-25-17(18)20-16)6-7-24-15-5-3-4-13(8-15)14-9-19-21(2)10-14/h4-5,8-11H,6-7H2,1-2H3,(H2,18,20). The van der Waals surface area contributed by atoms with Crippen molar-refractivity contribution in [1.82, 2.24) is 14.8 Å². The lowest BCUT2D eigenvalue weighted by atomic mass is 10.1. The van der Waals surface area contributed by atoms with Crippen LogP contribution in [-0.4, -0.2) is 33.8 Å². The number of aryl methyl sites for hydroxylation is 1. The molecule has 1 amide bonds. The minimum Gasteiger partial charge on any atom is -0.492 e. The smallest absolute Gasteiger partial charge is 0.225 e. The van der Waals surface area contributed by atoms with Crippen molar-refractivity contribution in [1.29, 1.82) is 0 Å². The van der Waals surface area contributed by atoms with Gasteiger partial charge in [0.1, 0.15) is 18.2 Å². The van der Waals surface area contributed by atoms with E-state index in [-0.39, 0.29) is 5.91 Å². The molecule has 0 bridgehead atoms. The van der Waals surface area contributed by atoms with E-state index in [9.17, 15) is 4.79 Å². The summed E-state index contributed by atoms with van der Waals surface area (Å²) in [5.41, 5.74) is 7.60. The summed E-state index contributed by atoms with van der Waals surface area (Å²) in [5.74, 6) is 1.13. The van der Waals surface area contributed by atoms with Gasteiger partial charge in [0.05, 0.1) is 12.7 Å². The molecule has 25 heavy (non-hydrogen) atoms. The Morgan fingerprint density at radius 1 is 1.44 bits per heavy atom. The van der Waals surface area contributed by atoms with Gasteiger partial charge < -0.3 is 10.5 Å². The zero-order valence-electron chi connectivity index (χ0n) is 14.0. The van der Waals surface area contributed by atoms with Crippen LogP contribution >= 0.6 is 11.3 Å². The lowest BCUT2D eigenvalue weighted by Gasteiger charge is -2.18. The van der Waals surface area contributed by atoms with Gasteiger partial charge in [0.2, 0.25) is 5.91 Å². The molecule has 0 unspecified atom stereocenters. The third-order valence-electron chi connectivity index (χ3n) is 3.55. The quantitative estimate of drug-likeness (QED) is 0.733. The van der Waals surface area contributed by atoms with Crippen LogP contribution in [0, 0.1) is 6.07 Å². The summed E-state index contributed by atoms with van der Waals surface area (Å²) in [6.45, 7) is 2.21. The number of benzene rings is 1. The molecule has 3 rings (SSSR count). The topological polar surface area (TPSA) is 86.3 Å². The molecule has 3 aromatic rings. The highest BCUT2D eigenvalue weighted by Gasteiger charge is 2.14. The minimum absolute atomic E-state index is 0.107. The van der Waals surface area contributed by atoms with Crippen LogP contribution in [0.5, 0.6) is 5.75 Å². The maximum Gasteiger partial charge on any atom is 0.225 e. The second-order valence-corrected chi connectivity index (χ2v) is 6.31. The zero-order valence-corrected chi connectivity index (χ0v) is 14.8. The highest BCUT2D eigenvalue weighted by atomic mass is 32.1. The van der Waals surface area contributed by atoms with Gasteiger partial charge in [0, 0.05) is 31.1 Å². The number of anilines is 2. The van der Waals surface area contributed by atoms with E-state index in [0.29, 0.717) is 29.9 Å². The van der Waals surface area contributed by atoms with Crippen molar-refractivity contribution in [2.24, 2.45) is 7.05 Å². The monoisotopic (exact) mass is 356 g/mol. The van der Waals surface area contributed by atoms with Crippen LogP contribution in [0.1, 0.15) is 6.92 Å². The molecule has 0 fully saturated rings. The van der Waals surface area contributed by atoms with Crippen LogP contribution in [0.15, 0.2) is 36.0 Å². The largest absolute Gasteiger partial charge is 0.492 e. The fourth-order valence-electron chi connectivity index (χ4n) is 2.36. The van der Waals surface area contributed by atoms with E-state index in [1.54, 1.807) is 27.2 Å². The number of nitrogens with two attached hydrogens (primary N) is 1. The van der Waals surface area contributed by atoms with Gasteiger partial charge in [-0.2, -0.15) is 5.10 Å². The zero-order chi connectivity index (χ0) is 17.8. The van der Waals surface area contributed by atoms with Gasteiger partial charge in [-0.1, -0.05) is 0 Å². The molecule has 0 aliphatic heterocycles. The van der Waals surface area contributed by atoms with E-state index in [4.69, 9.17) is 10.5 Å². The molecular weight excluding hydrogens is 338 g/mol. The molecule has 0 saturated heterocycles. The molecule has 0 aliphatic rings. The molecule has 2 heterocycles. The number of carbonyl (C=O) groups excluding carboxylic acids is 1. The van der Waals surface area contributed by atoms with E-state index in [1.807, 2.05) is 25.4 Å². The number of amides is 1. The van der Waals surface area contributed by atoms with E-state index >= 15 is 0 Å². The van der Waals surface area contributed by atoms with Crippen molar-refractivity contribution >= 4 is 28.2 Å². The second-order valence-electron chi connectivity index (χ2n) is 5.42. The number of thiazole rings is 1. The van der Waals surface area contributed by atoms with Crippen LogP contribution in [0.2, 0.25) is 0 Å². The summed E-state index contributed by atoms with van der Waals surface area (Å²) < 4.78 is 7.52. The number of ether oxygens (including phenoxy) is 1. The Hall–Kier alpha value is -2.87. The third-order valence-corrected chi connectivity index (χ3v) is 4.21. The van der Waals surface area contributed by atoms with E-state index < -0.39 is 0 Å². The van der Waals surface area contributed by atoms with E-state index in [2.05, 4.69) is 16.1 Å². The third kappa shape index (κ3) is 4.16.